The van der Waals surface area contributed by atoms with Gasteiger partial charge in [0.15, 0.2) is 17.4 Å². The summed E-state index contributed by atoms with van der Waals surface area (Å²) in [6.45, 7) is 1.14. The summed E-state index contributed by atoms with van der Waals surface area (Å²) >= 11 is 0. The first kappa shape index (κ1) is 14.6. The zero-order chi connectivity index (χ0) is 14.9. The lowest BCUT2D eigenvalue weighted by Crippen LogP contribution is -2.34. The summed E-state index contributed by atoms with van der Waals surface area (Å²) in [5.41, 5.74) is -1.33. The van der Waals surface area contributed by atoms with Crippen molar-refractivity contribution in [1.82, 2.24) is 5.32 Å². The van der Waals surface area contributed by atoms with Crippen molar-refractivity contribution in [2.45, 2.75) is 18.9 Å². The lowest BCUT2D eigenvalue weighted by Gasteiger charge is -2.23. The summed E-state index contributed by atoms with van der Waals surface area (Å²) in [6, 6.07) is 0. The van der Waals surface area contributed by atoms with Gasteiger partial charge in [-0.05, 0) is 25.9 Å². The number of nitrogens with one attached hydrogen (secondary N) is 1. The van der Waals surface area contributed by atoms with Gasteiger partial charge in [-0.3, -0.25) is 0 Å². The fourth-order valence-electron chi connectivity index (χ4n) is 1.93. The number of esters is 1. The first-order valence-electron chi connectivity index (χ1n) is 5.90. The molecule has 110 valence electrons. The molecule has 0 aliphatic carbocycles. The van der Waals surface area contributed by atoms with Gasteiger partial charge in [0.2, 0.25) is 11.6 Å². The van der Waals surface area contributed by atoms with Gasteiger partial charge >= 0.3 is 5.97 Å². The van der Waals surface area contributed by atoms with Crippen molar-refractivity contribution in [1.29, 1.82) is 0 Å². The van der Waals surface area contributed by atoms with Crippen LogP contribution in [0.4, 0.5) is 17.6 Å². The second-order valence-corrected chi connectivity index (χ2v) is 4.33. The Kier molecular flexibility index (Phi) is 4.12. The molecule has 0 saturated carbocycles. The van der Waals surface area contributed by atoms with Crippen molar-refractivity contribution >= 4 is 5.97 Å². The standard InChI is InChI=1S/C12H11F4NO3/c13-7-6(11(18)10(16)9(15)8(7)14)12(19)20-5-1-3-17-4-2-5/h5,17-18H,1-4H2. The van der Waals surface area contributed by atoms with Crippen LogP contribution in [-0.4, -0.2) is 30.3 Å². The molecule has 1 fully saturated rings. The number of rotatable bonds is 2. The van der Waals surface area contributed by atoms with Crippen LogP contribution in [0.1, 0.15) is 23.2 Å². The fourth-order valence-corrected chi connectivity index (χ4v) is 1.93. The topological polar surface area (TPSA) is 58.6 Å². The smallest absolute Gasteiger partial charge is 0.345 e. The third-order valence-corrected chi connectivity index (χ3v) is 3.01. The van der Waals surface area contributed by atoms with E-state index in [2.05, 4.69) is 5.32 Å². The lowest BCUT2D eigenvalue weighted by molar-refractivity contribution is 0.0218. The Bertz CT molecular complexity index is 515. The number of carbonyl (C=O) groups excluding carboxylic acids is 1. The molecule has 0 aromatic heterocycles. The summed E-state index contributed by atoms with van der Waals surface area (Å²) in [7, 11) is 0. The Hall–Kier alpha value is -1.83. The normalized spacial score (nSPS) is 16.2. The molecule has 0 atom stereocenters. The highest BCUT2D eigenvalue weighted by molar-refractivity contribution is 5.93. The van der Waals surface area contributed by atoms with Gasteiger partial charge in [0.25, 0.3) is 0 Å². The average Bonchev–Trinajstić information content (AvgIpc) is 2.44. The van der Waals surface area contributed by atoms with E-state index in [1.165, 1.54) is 0 Å². The maximum Gasteiger partial charge on any atom is 0.345 e. The molecular formula is C12H11F4NO3. The van der Waals surface area contributed by atoms with Gasteiger partial charge in [-0.1, -0.05) is 0 Å². The van der Waals surface area contributed by atoms with Crippen LogP contribution in [0.2, 0.25) is 0 Å². The number of phenolic OH excluding ortho intramolecular Hbond substituents is 1. The second-order valence-electron chi connectivity index (χ2n) is 4.33. The minimum absolute atomic E-state index is 0.445. The third kappa shape index (κ3) is 2.55. The number of carbonyl (C=O) groups is 1. The van der Waals surface area contributed by atoms with Crippen molar-refractivity contribution in [3.05, 3.63) is 28.8 Å². The van der Waals surface area contributed by atoms with E-state index < -0.39 is 46.7 Å². The lowest BCUT2D eigenvalue weighted by atomic mass is 10.1. The van der Waals surface area contributed by atoms with Gasteiger partial charge in [-0.25, -0.2) is 18.0 Å². The number of benzene rings is 1. The fraction of sp³-hybridized carbons (Fsp3) is 0.417. The molecule has 20 heavy (non-hydrogen) atoms. The molecule has 2 N–H and O–H groups in total. The van der Waals surface area contributed by atoms with Crippen LogP contribution < -0.4 is 5.32 Å². The monoisotopic (exact) mass is 293 g/mol. The van der Waals surface area contributed by atoms with Crippen LogP contribution in [0, 0.1) is 23.3 Å². The molecule has 1 aliphatic heterocycles. The highest BCUT2D eigenvalue weighted by Crippen LogP contribution is 2.30. The molecule has 0 bridgehead atoms. The van der Waals surface area contributed by atoms with Gasteiger partial charge in [-0.2, -0.15) is 4.39 Å². The van der Waals surface area contributed by atoms with Crippen LogP contribution in [-0.2, 0) is 4.74 Å². The molecule has 0 unspecified atom stereocenters. The zero-order valence-electron chi connectivity index (χ0n) is 10.2. The number of hydrogen-bond donors (Lipinski definition) is 2. The number of aromatic hydroxyl groups is 1. The molecule has 4 nitrogen and oxygen atoms in total. The summed E-state index contributed by atoms with van der Waals surface area (Å²) < 4.78 is 57.3. The largest absolute Gasteiger partial charge is 0.504 e. The van der Waals surface area contributed by atoms with Crippen molar-refractivity contribution in [3.8, 4) is 5.75 Å². The van der Waals surface area contributed by atoms with E-state index >= 15 is 0 Å². The van der Waals surface area contributed by atoms with Crippen LogP contribution in [0.3, 0.4) is 0 Å². The van der Waals surface area contributed by atoms with Gasteiger partial charge < -0.3 is 15.2 Å². The number of ether oxygens (including phenoxy) is 1. The van der Waals surface area contributed by atoms with Crippen molar-refractivity contribution < 1.29 is 32.2 Å². The zero-order valence-corrected chi connectivity index (χ0v) is 10.2. The predicted octanol–water partition coefficient (Wildman–Crippen LogP) is 1.86. The highest BCUT2D eigenvalue weighted by Gasteiger charge is 2.31. The molecular weight excluding hydrogens is 282 g/mol. The van der Waals surface area contributed by atoms with E-state index in [0.29, 0.717) is 25.9 Å². The van der Waals surface area contributed by atoms with E-state index in [0.717, 1.165) is 0 Å². The first-order valence-corrected chi connectivity index (χ1v) is 5.90. The van der Waals surface area contributed by atoms with Gasteiger partial charge in [-0.15, -0.1) is 0 Å². The second kappa shape index (κ2) is 5.66. The summed E-state index contributed by atoms with van der Waals surface area (Å²) in [4.78, 5) is 11.7. The Morgan fingerprint density at radius 2 is 1.60 bits per heavy atom. The van der Waals surface area contributed by atoms with E-state index in [9.17, 15) is 27.5 Å². The third-order valence-electron chi connectivity index (χ3n) is 3.01. The maximum atomic E-state index is 13.5. The molecule has 1 heterocycles. The molecule has 0 radical (unpaired) electrons. The molecule has 0 spiro atoms. The minimum atomic E-state index is -2.18. The maximum absolute atomic E-state index is 13.5. The molecule has 1 aromatic rings. The summed E-state index contributed by atoms with van der Waals surface area (Å²) in [5, 5.41) is 12.2. The van der Waals surface area contributed by atoms with Crippen LogP contribution in [0.15, 0.2) is 0 Å². The Morgan fingerprint density at radius 3 is 2.20 bits per heavy atom. The van der Waals surface area contributed by atoms with Crippen molar-refractivity contribution in [3.63, 3.8) is 0 Å². The van der Waals surface area contributed by atoms with Crippen molar-refractivity contribution in [2.75, 3.05) is 13.1 Å². The van der Waals surface area contributed by atoms with Gasteiger partial charge in [0.05, 0.1) is 0 Å². The van der Waals surface area contributed by atoms with E-state index in [1.54, 1.807) is 0 Å². The number of halogens is 4. The van der Waals surface area contributed by atoms with E-state index in [-0.39, 0.29) is 0 Å². The SMILES string of the molecule is O=C(OC1CCNCC1)c1c(O)c(F)c(F)c(F)c1F. The molecule has 0 amide bonds. The molecule has 1 saturated heterocycles. The Morgan fingerprint density at radius 1 is 1.05 bits per heavy atom. The average molecular weight is 293 g/mol. The Labute approximate surface area is 111 Å². The van der Waals surface area contributed by atoms with Gasteiger partial charge in [0.1, 0.15) is 11.7 Å². The quantitative estimate of drug-likeness (QED) is 0.378. The number of hydrogen-bond acceptors (Lipinski definition) is 4. The molecule has 1 aromatic carbocycles. The Balaban J connectivity index is 2.30. The molecule has 2 rings (SSSR count). The van der Waals surface area contributed by atoms with Crippen LogP contribution in [0.5, 0.6) is 5.75 Å². The van der Waals surface area contributed by atoms with Crippen LogP contribution in [0.25, 0.3) is 0 Å². The minimum Gasteiger partial charge on any atom is -0.504 e. The van der Waals surface area contributed by atoms with E-state index in [4.69, 9.17) is 4.74 Å². The predicted molar refractivity (Wildman–Crippen MR) is 59.2 cm³/mol. The summed E-state index contributed by atoms with van der Waals surface area (Å²) in [6.07, 6.45) is 0.333. The highest BCUT2D eigenvalue weighted by atomic mass is 19.2. The summed E-state index contributed by atoms with van der Waals surface area (Å²) in [5.74, 6) is -11.4. The number of phenols is 1. The van der Waals surface area contributed by atoms with Crippen LogP contribution >= 0.6 is 0 Å². The van der Waals surface area contributed by atoms with Gasteiger partial charge in [0, 0.05) is 0 Å². The van der Waals surface area contributed by atoms with Crippen molar-refractivity contribution in [2.24, 2.45) is 0 Å². The molecule has 1 aliphatic rings. The van der Waals surface area contributed by atoms with E-state index in [1.807, 2.05) is 0 Å². The first-order chi connectivity index (χ1) is 9.43. The molecule has 8 heteroatoms. The number of piperidine rings is 1.